The number of ether oxygens (including phenoxy) is 3. The van der Waals surface area contributed by atoms with E-state index in [4.69, 9.17) is 31.5 Å². The Bertz CT molecular complexity index is 678. The molecule has 0 radical (unpaired) electrons. The molecule has 28 heavy (non-hydrogen) atoms. The molecule has 2 N–H and O–H groups in total. The predicted octanol–water partition coefficient (Wildman–Crippen LogP) is 2.15. The third-order valence-electron chi connectivity index (χ3n) is 5.12. The van der Waals surface area contributed by atoms with Crippen LogP contribution >= 0.6 is 11.6 Å². The van der Waals surface area contributed by atoms with Crippen LogP contribution in [0.4, 0.5) is 0 Å². The Morgan fingerprint density at radius 3 is 2.75 bits per heavy atom. The zero-order valence-corrected chi connectivity index (χ0v) is 16.7. The van der Waals surface area contributed by atoms with Gasteiger partial charge in [-0.05, 0) is 43.5 Å². The van der Waals surface area contributed by atoms with E-state index >= 15 is 0 Å². The fourth-order valence-electron chi connectivity index (χ4n) is 3.68. The van der Waals surface area contributed by atoms with Gasteiger partial charge >= 0.3 is 0 Å². The number of carbonyl (C=O) groups excluding carboxylic acids is 2. The van der Waals surface area contributed by atoms with E-state index in [1.807, 2.05) is 0 Å². The average molecular weight is 411 g/mol. The van der Waals surface area contributed by atoms with Crippen LogP contribution in [0.15, 0.2) is 24.3 Å². The number of halogens is 1. The fraction of sp³-hybridized carbons (Fsp3) is 0.600. The van der Waals surface area contributed by atoms with Crippen molar-refractivity contribution in [3.05, 3.63) is 29.3 Å². The fourth-order valence-corrected chi connectivity index (χ4v) is 3.81. The zero-order valence-electron chi connectivity index (χ0n) is 15.9. The third kappa shape index (κ3) is 5.83. The minimum absolute atomic E-state index is 0.0178. The standard InChI is InChI=1S/C20H27ClN2O5/c21-15-3-5-17(6-4-15)27-14-20(12-18(22)24)13-23(9-11-28-20)19(25)8-7-16-2-1-10-26-16/h3-6,16H,1-2,7-14H2,(H2,22,24). The van der Waals surface area contributed by atoms with Crippen molar-refractivity contribution in [3.8, 4) is 5.75 Å². The molecule has 1 aromatic rings. The highest BCUT2D eigenvalue weighted by molar-refractivity contribution is 6.30. The Kier molecular flexibility index (Phi) is 7.15. The van der Waals surface area contributed by atoms with Crippen molar-refractivity contribution in [1.82, 2.24) is 4.90 Å². The number of benzene rings is 1. The van der Waals surface area contributed by atoms with Gasteiger partial charge in [-0.15, -0.1) is 0 Å². The maximum absolute atomic E-state index is 12.7. The number of rotatable bonds is 8. The lowest BCUT2D eigenvalue weighted by molar-refractivity contribution is -0.162. The molecule has 0 aliphatic carbocycles. The summed E-state index contributed by atoms with van der Waals surface area (Å²) in [4.78, 5) is 26.1. The second-order valence-corrected chi connectivity index (χ2v) is 7.84. The van der Waals surface area contributed by atoms with Gasteiger partial charge < -0.3 is 24.8 Å². The molecule has 2 atom stereocenters. The van der Waals surface area contributed by atoms with Crippen LogP contribution in [0.1, 0.15) is 32.1 Å². The van der Waals surface area contributed by atoms with Gasteiger partial charge in [-0.25, -0.2) is 0 Å². The van der Waals surface area contributed by atoms with Crippen LogP contribution in [0.3, 0.4) is 0 Å². The molecule has 7 nitrogen and oxygen atoms in total. The van der Waals surface area contributed by atoms with Crippen molar-refractivity contribution in [2.45, 2.75) is 43.8 Å². The van der Waals surface area contributed by atoms with Gasteiger partial charge in [0.1, 0.15) is 18.0 Å². The van der Waals surface area contributed by atoms with Gasteiger partial charge in [-0.1, -0.05) is 11.6 Å². The number of hydrogen-bond donors (Lipinski definition) is 1. The molecular formula is C20H27ClN2O5. The number of amides is 2. The molecule has 0 spiro atoms. The molecule has 154 valence electrons. The summed E-state index contributed by atoms with van der Waals surface area (Å²) in [5.74, 6) is 0.158. The summed E-state index contributed by atoms with van der Waals surface area (Å²) in [5, 5.41) is 0.608. The quantitative estimate of drug-likeness (QED) is 0.709. The van der Waals surface area contributed by atoms with Gasteiger partial charge in [0.15, 0.2) is 0 Å². The molecule has 0 bridgehead atoms. The van der Waals surface area contributed by atoms with Crippen molar-refractivity contribution in [1.29, 1.82) is 0 Å². The van der Waals surface area contributed by atoms with Crippen LogP contribution in [-0.2, 0) is 19.1 Å². The molecule has 0 aromatic heterocycles. The molecule has 2 amide bonds. The van der Waals surface area contributed by atoms with Gasteiger partial charge in [0.2, 0.25) is 11.8 Å². The average Bonchev–Trinajstić information content (AvgIpc) is 3.19. The Morgan fingerprint density at radius 2 is 2.07 bits per heavy atom. The first-order chi connectivity index (χ1) is 13.5. The zero-order chi connectivity index (χ0) is 20.0. The second-order valence-electron chi connectivity index (χ2n) is 7.41. The molecular weight excluding hydrogens is 384 g/mol. The number of nitrogens with zero attached hydrogens (tertiary/aromatic N) is 1. The molecule has 3 rings (SSSR count). The van der Waals surface area contributed by atoms with Crippen molar-refractivity contribution in [2.75, 3.05) is 32.9 Å². The topological polar surface area (TPSA) is 91.1 Å². The van der Waals surface area contributed by atoms with Crippen molar-refractivity contribution < 1.29 is 23.8 Å². The van der Waals surface area contributed by atoms with Gasteiger partial charge in [0, 0.05) is 24.6 Å². The van der Waals surface area contributed by atoms with Crippen molar-refractivity contribution in [2.24, 2.45) is 5.73 Å². The van der Waals surface area contributed by atoms with E-state index in [2.05, 4.69) is 0 Å². The summed E-state index contributed by atoms with van der Waals surface area (Å²) in [7, 11) is 0. The lowest BCUT2D eigenvalue weighted by Crippen LogP contribution is -2.58. The molecule has 2 saturated heterocycles. The summed E-state index contributed by atoms with van der Waals surface area (Å²) in [6.07, 6.45) is 3.37. The lowest BCUT2D eigenvalue weighted by Gasteiger charge is -2.42. The summed E-state index contributed by atoms with van der Waals surface area (Å²) in [6, 6.07) is 6.93. The van der Waals surface area contributed by atoms with E-state index in [1.54, 1.807) is 29.2 Å². The molecule has 1 aromatic carbocycles. The summed E-state index contributed by atoms with van der Waals surface area (Å²) < 4.78 is 17.3. The maximum atomic E-state index is 12.7. The van der Waals surface area contributed by atoms with Gasteiger partial charge in [-0.2, -0.15) is 0 Å². The van der Waals surface area contributed by atoms with Crippen molar-refractivity contribution >= 4 is 23.4 Å². The minimum atomic E-state index is -0.955. The van der Waals surface area contributed by atoms with Gasteiger partial charge in [0.25, 0.3) is 0 Å². The highest BCUT2D eigenvalue weighted by Gasteiger charge is 2.41. The first-order valence-corrected chi connectivity index (χ1v) is 10.0. The van der Waals surface area contributed by atoms with E-state index in [1.165, 1.54) is 0 Å². The Labute approximate surface area is 170 Å². The highest BCUT2D eigenvalue weighted by atomic mass is 35.5. The number of morpholine rings is 1. The largest absolute Gasteiger partial charge is 0.490 e. The maximum Gasteiger partial charge on any atom is 0.222 e. The normalized spacial score (nSPS) is 24.9. The molecule has 2 aliphatic heterocycles. The Morgan fingerprint density at radius 1 is 1.29 bits per heavy atom. The third-order valence-corrected chi connectivity index (χ3v) is 5.37. The van der Waals surface area contributed by atoms with E-state index in [0.717, 1.165) is 25.9 Å². The van der Waals surface area contributed by atoms with Crippen LogP contribution in [0.5, 0.6) is 5.75 Å². The molecule has 0 saturated carbocycles. The van der Waals surface area contributed by atoms with E-state index in [9.17, 15) is 9.59 Å². The highest BCUT2D eigenvalue weighted by Crippen LogP contribution is 2.26. The summed E-state index contributed by atoms with van der Waals surface area (Å²) >= 11 is 5.89. The van der Waals surface area contributed by atoms with Crippen LogP contribution in [0.2, 0.25) is 5.02 Å². The molecule has 2 unspecified atom stereocenters. The molecule has 2 aliphatic rings. The minimum Gasteiger partial charge on any atom is -0.490 e. The van der Waals surface area contributed by atoms with Crippen LogP contribution in [-0.4, -0.2) is 61.3 Å². The first-order valence-electron chi connectivity index (χ1n) is 9.66. The number of carbonyl (C=O) groups is 2. The van der Waals surface area contributed by atoms with Gasteiger partial charge in [-0.3, -0.25) is 9.59 Å². The van der Waals surface area contributed by atoms with E-state index in [-0.39, 0.29) is 31.6 Å². The van der Waals surface area contributed by atoms with Gasteiger partial charge in [0.05, 0.1) is 25.7 Å². The second kappa shape index (κ2) is 9.58. The smallest absolute Gasteiger partial charge is 0.222 e. The summed E-state index contributed by atoms with van der Waals surface area (Å²) in [6.45, 7) is 2.00. The lowest BCUT2D eigenvalue weighted by atomic mass is 9.97. The Balaban J connectivity index is 1.60. The van der Waals surface area contributed by atoms with E-state index in [0.29, 0.717) is 30.3 Å². The number of primary amides is 1. The molecule has 2 fully saturated rings. The first kappa shape index (κ1) is 20.9. The molecule has 8 heteroatoms. The van der Waals surface area contributed by atoms with Crippen LogP contribution in [0, 0.1) is 0 Å². The SMILES string of the molecule is NC(=O)CC1(COc2ccc(Cl)cc2)CN(C(=O)CCC2CCCO2)CCO1. The number of nitrogens with two attached hydrogens (primary N) is 1. The number of hydrogen-bond acceptors (Lipinski definition) is 5. The predicted molar refractivity (Wildman–Crippen MR) is 104 cm³/mol. The van der Waals surface area contributed by atoms with Crippen LogP contribution in [0.25, 0.3) is 0 Å². The van der Waals surface area contributed by atoms with Crippen LogP contribution < -0.4 is 10.5 Å². The van der Waals surface area contributed by atoms with E-state index < -0.39 is 11.5 Å². The molecule has 2 heterocycles. The monoisotopic (exact) mass is 410 g/mol. The summed E-state index contributed by atoms with van der Waals surface area (Å²) in [5.41, 5.74) is 4.49. The van der Waals surface area contributed by atoms with Crippen molar-refractivity contribution in [3.63, 3.8) is 0 Å². The Hall–Kier alpha value is -1.83.